The van der Waals surface area contributed by atoms with Gasteiger partial charge in [-0.1, -0.05) is 127 Å². The van der Waals surface area contributed by atoms with Gasteiger partial charge in [0, 0.05) is 56.2 Å². The van der Waals surface area contributed by atoms with Gasteiger partial charge in [0.2, 0.25) is 0 Å². The van der Waals surface area contributed by atoms with Crippen molar-refractivity contribution in [2.75, 3.05) is 0 Å². The van der Waals surface area contributed by atoms with Crippen molar-refractivity contribution in [3.05, 3.63) is 188 Å². The minimum atomic E-state index is 0.680. The SMILES string of the molecule is c1ccc(-c2nc(-c3ccc(-c4ccc(-c5cccc6oc7ccccc7c56)c5oc6ccccc6c45)cc3)cc(-c3cccc(-c4ccncc4)c3)n2)cc1. The Kier molecular flexibility index (Phi) is 7.42. The van der Waals surface area contributed by atoms with Crippen LogP contribution in [0.1, 0.15) is 0 Å². The molecule has 56 heavy (non-hydrogen) atoms. The summed E-state index contributed by atoms with van der Waals surface area (Å²) in [6.07, 6.45) is 3.64. The fourth-order valence-corrected chi connectivity index (χ4v) is 7.96. The van der Waals surface area contributed by atoms with Gasteiger partial charge in [0.25, 0.3) is 0 Å². The van der Waals surface area contributed by atoms with E-state index in [9.17, 15) is 0 Å². The third-order valence-electron chi connectivity index (χ3n) is 10.6. The molecule has 0 unspecified atom stereocenters. The predicted molar refractivity (Wildman–Crippen MR) is 227 cm³/mol. The van der Waals surface area contributed by atoms with Crippen LogP contribution in [0, 0.1) is 0 Å². The van der Waals surface area contributed by atoms with Crippen LogP contribution in [0.25, 0.3) is 111 Å². The summed E-state index contributed by atoms with van der Waals surface area (Å²) in [5.74, 6) is 0.680. The number of hydrogen-bond donors (Lipinski definition) is 0. The highest BCUT2D eigenvalue weighted by Crippen LogP contribution is 2.45. The van der Waals surface area contributed by atoms with E-state index in [0.29, 0.717) is 5.82 Å². The van der Waals surface area contributed by atoms with Crippen LogP contribution in [0.5, 0.6) is 0 Å². The molecule has 0 saturated heterocycles. The van der Waals surface area contributed by atoms with Gasteiger partial charge >= 0.3 is 0 Å². The molecule has 4 heterocycles. The van der Waals surface area contributed by atoms with Crippen molar-refractivity contribution >= 4 is 43.9 Å². The molecule has 7 aromatic carbocycles. The second-order valence-corrected chi connectivity index (χ2v) is 14.0. The van der Waals surface area contributed by atoms with E-state index in [1.54, 1.807) is 0 Å². The van der Waals surface area contributed by atoms with E-state index in [1.165, 1.54) is 0 Å². The summed E-state index contributed by atoms with van der Waals surface area (Å²) in [6.45, 7) is 0. The average Bonchev–Trinajstić information content (AvgIpc) is 3.86. The molecule has 4 aromatic heterocycles. The number of fused-ring (bicyclic) bond motifs is 6. The van der Waals surface area contributed by atoms with Gasteiger partial charge in [-0.25, -0.2) is 9.97 Å². The van der Waals surface area contributed by atoms with Crippen molar-refractivity contribution < 1.29 is 8.83 Å². The summed E-state index contributed by atoms with van der Waals surface area (Å²) in [6, 6.07) is 60.6. The standard InChI is InChI=1S/C51H31N3O2/c1-2-10-35(11-3-1)51-53-43(31-44(54-51)37-13-8-12-36(30-37)32-26-28-52-29-27-32)34-22-20-33(21-23-34)38-24-25-40(50-49(38)42-15-5-7-18-46(42)56-50)39-16-9-19-47-48(39)41-14-4-6-17-45(41)55-47/h1-31H. The molecule has 0 saturated carbocycles. The van der Waals surface area contributed by atoms with Crippen LogP contribution in [-0.2, 0) is 0 Å². The Labute approximate surface area is 322 Å². The van der Waals surface area contributed by atoms with Crippen molar-refractivity contribution in [3.8, 4) is 67.3 Å². The molecule has 0 amide bonds. The van der Waals surface area contributed by atoms with Gasteiger partial charge in [0.15, 0.2) is 5.82 Å². The maximum Gasteiger partial charge on any atom is 0.160 e. The summed E-state index contributed by atoms with van der Waals surface area (Å²) in [7, 11) is 0. The Morgan fingerprint density at radius 1 is 0.339 bits per heavy atom. The molecule has 0 N–H and O–H groups in total. The van der Waals surface area contributed by atoms with E-state index >= 15 is 0 Å². The molecule has 0 fully saturated rings. The van der Waals surface area contributed by atoms with Crippen LogP contribution in [-0.4, -0.2) is 15.0 Å². The molecule has 0 radical (unpaired) electrons. The van der Waals surface area contributed by atoms with Gasteiger partial charge < -0.3 is 8.83 Å². The summed E-state index contributed by atoms with van der Waals surface area (Å²) in [5.41, 5.74) is 14.7. The molecule has 0 atom stereocenters. The minimum Gasteiger partial charge on any atom is -0.456 e. The predicted octanol–water partition coefficient (Wildman–Crippen LogP) is 13.7. The lowest BCUT2D eigenvalue weighted by Gasteiger charge is -2.12. The Bertz CT molecular complexity index is 3240. The van der Waals surface area contributed by atoms with Gasteiger partial charge in [-0.2, -0.15) is 0 Å². The first-order chi connectivity index (χ1) is 27.7. The second kappa shape index (κ2) is 13.0. The van der Waals surface area contributed by atoms with Gasteiger partial charge in [-0.15, -0.1) is 0 Å². The lowest BCUT2D eigenvalue weighted by atomic mass is 9.92. The van der Waals surface area contributed by atoms with Crippen LogP contribution in [0.3, 0.4) is 0 Å². The number of rotatable bonds is 6. The maximum atomic E-state index is 6.73. The molecule has 0 bridgehead atoms. The zero-order valence-corrected chi connectivity index (χ0v) is 30.1. The summed E-state index contributed by atoms with van der Waals surface area (Å²) >= 11 is 0. The van der Waals surface area contributed by atoms with Crippen LogP contribution in [0.2, 0.25) is 0 Å². The quantitative estimate of drug-likeness (QED) is 0.171. The highest BCUT2D eigenvalue weighted by molar-refractivity contribution is 6.20. The van der Waals surface area contributed by atoms with Crippen molar-refractivity contribution in [2.24, 2.45) is 0 Å². The third kappa shape index (κ3) is 5.37. The van der Waals surface area contributed by atoms with Gasteiger partial charge in [-0.3, -0.25) is 4.98 Å². The third-order valence-corrected chi connectivity index (χ3v) is 10.6. The molecular formula is C51H31N3O2. The van der Waals surface area contributed by atoms with Crippen molar-refractivity contribution in [3.63, 3.8) is 0 Å². The molecule has 5 heteroatoms. The van der Waals surface area contributed by atoms with E-state index in [0.717, 1.165) is 105 Å². The smallest absolute Gasteiger partial charge is 0.160 e. The van der Waals surface area contributed by atoms with E-state index < -0.39 is 0 Å². The fraction of sp³-hybridized carbons (Fsp3) is 0. The molecule has 0 spiro atoms. The van der Waals surface area contributed by atoms with Gasteiger partial charge in [-0.05, 0) is 76.3 Å². The van der Waals surface area contributed by atoms with Crippen molar-refractivity contribution in [1.82, 2.24) is 15.0 Å². The van der Waals surface area contributed by atoms with Crippen LogP contribution < -0.4 is 0 Å². The molecule has 0 aliphatic carbocycles. The Hall–Kier alpha value is -7.63. The summed E-state index contributed by atoms with van der Waals surface area (Å²) < 4.78 is 13.0. The van der Waals surface area contributed by atoms with Crippen molar-refractivity contribution in [2.45, 2.75) is 0 Å². The zero-order valence-electron chi connectivity index (χ0n) is 30.1. The summed E-state index contributed by atoms with van der Waals surface area (Å²) in [5, 5.41) is 4.34. The molecule has 0 aliphatic rings. The molecule has 0 aliphatic heterocycles. The number of para-hydroxylation sites is 2. The van der Waals surface area contributed by atoms with E-state index in [1.807, 2.05) is 73.1 Å². The molecular weight excluding hydrogens is 687 g/mol. The van der Waals surface area contributed by atoms with Crippen LogP contribution in [0.4, 0.5) is 0 Å². The highest BCUT2D eigenvalue weighted by atomic mass is 16.3. The number of furan rings is 2. The monoisotopic (exact) mass is 717 g/mol. The van der Waals surface area contributed by atoms with E-state index in [-0.39, 0.29) is 0 Å². The normalized spacial score (nSPS) is 11.6. The molecule has 11 aromatic rings. The number of benzene rings is 7. The molecule has 262 valence electrons. The topological polar surface area (TPSA) is 65.0 Å². The second-order valence-electron chi connectivity index (χ2n) is 14.0. The van der Waals surface area contributed by atoms with Crippen molar-refractivity contribution in [1.29, 1.82) is 0 Å². The largest absolute Gasteiger partial charge is 0.456 e. The number of pyridine rings is 1. The first-order valence-corrected chi connectivity index (χ1v) is 18.7. The highest BCUT2D eigenvalue weighted by Gasteiger charge is 2.21. The van der Waals surface area contributed by atoms with E-state index in [2.05, 4.69) is 120 Å². The average molecular weight is 718 g/mol. The summed E-state index contributed by atoms with van der Waals surface area (Å²) in [4.78, 5) is 14.4. The van der Waals surface area contributed by atoms with Crippen LogP contribution in [0.15, 0.2) is 197 Å². The Morgan fingerprint density at radius 2 is 0.946 bits per heavy atom. The molecule has 11 rings (SSSR count). The lowest BCUT2D eigenvalue weighted by molar-refractivity contribution is 0.668. The Balaban J connectivity index is 1.04. The fourth-order valence-electron chi connectivity index (χ4n) is 7.96. The number of nitrogens with zero attached hydrogens (tertiary/aromatic N) is 3. The lowest BCUT2D eigenvalue weighted by Crippen LogP contribution is -1.96. The minimum absolute atomic E-state index is 0.680. The van der Waals surface area contributed by atoms with Gasteiger partial charge in [0.1, 0.15) is 22.3 Å². The first kappa shape index (κ1) is 31.9. The number of aromatic nitrogens is 3. The van der Waals surface area contributed by atoms with E-state index in [4.69, 9.17) is 18.8 Å². The zero-order chi connectivity index (χ0) is 37.0. The van der Waals surface area contributed by atoms with Gasteiger partial charge in [0.05, 0.1) is 11.4 Å². The Morgan fingerprint density at radius 3 is 1.75 bits per heavy atom. The number of hydrogen-bond acceptors (Lipinski definition) is 5. The first-order valence-electron chi connectivity index (χ1n) is 18.7. The molecule has 5 nitrogen and oxygen atoms in total. The van der Waals surface area contributed by atoms with Crippen LogP contribution >= 0.6 is 0 Å². The maximum absolute atomic E-state index is 6.73.